The van der Waals surface area contributed by atoms with Crippen molar-refractivity contribution in [1.29, 1.82) is 0 Å². The summed E-state index contributed by atoms with van der Waals surface area (Å²) in [5.41, 5.74) is 0. The zero-order valence-corrected chi connectivity index (χ0v) is 12.5. The summed E-state index contributed by atoms with van der Waals surface area (Å²) in [5, 5.41) is 3.43. The van der Waals surface area contributed by atoms with E-state index in [0.717, 1.165) is 37.6 Å². The molecule has 0 bridgehead atoms. The predicted octanol–water partition coefficient (Wildman–Crippen LogP) is 3.61. The van der Waals surface area contributed by atoms with Crippen LogP contribution in [0.4, 0.5) is 0 Å². The monoisotopic (exact) mass is 252 g/mol. The number of hydrogen-bond acceptors (Lipinski definition) is 3. The fourth-order valence-electron chi connectivity index (χ4n) is 1.73. The molecule has 1 aromatic heterocycles. The Morgan fingerprint density at radius 1 is 1.22 bits per heavy atom. The number of hydrogen-bond donors (Lipinski definition) is 1. The first kappa shape index (κ1) is 15.2. The molecule has 0 saturated carbocycles. The maximum absolute atomic E-state index is 5.80. The minimum atomic E-state index is 0.449. The molecular weight excluding hydrogens is 224 g/mol. The van der Waals surface area contributed by atoms with Gasteiger partial charge in [0.1, 0.15) is 5.76 Å². The maximum atomic E-state index is 5.80. The molecule has 0 spiro atoms. The first-order chi connectivity index (χ1) is 8.50. The van der Waals surface area contributed by atoms with Gasteiger partial charge in [0.15, 0.2) is 5.89 Å². The van der Waals surface area contributed by atoms with Gasteiger partial charge in [-0.05, 0) is 31.3 Å². The Hall–Kier alpha value is -0.830. The van der Waals surface area contributed by atoms with E-state index in [2.05, 4.69) is 44.9 Å². The third kappa shape index (κ3) is 5.21. The maximum Gasteiger partial charge on any atom is 0.194 e. The van der Waals surface area contributed by atoms with E-state index in [1.54, 1.807) is 0 Å². The van der Waals surface area contributed by atoms with Crippen molar-refractivity contribution < 1.29 is 4.42 Å². The summed E-state index contributed by atoms with van der Waals surface area (Å²) in [5.74, 6) is 3.66. The summed E-state index contributed by atoms with van der Waals surface area (Å²) in [7, 11) is 0. The van der Waals surface area contributed by atoms with Crippen LogP contribution in [0.15, 0.2) is 10.6 Å². The molecule has 0 aliphatic rings. The van der Waals surface area contributed by atoms with Crippen LogP contribution in [0, 0.1) is 11.8 Å². The van der Waals surface area contributed by atoms with Gasteiger partial charge < -0.3 is 9.73 Å². The molecule has 0 amide bonds. The largest absolute Gasteiger partial charge is 0.445 e. The first-order valence-corrected chi connectivity index (χ1v) is 7.16. The number of nitrogens with one attached hydrogen (secondary N) is 1. The van der Waals surface area contributed by atoms with Crippen LogP contribution in [0.25, 0.3) is 0 Å². The lowest BCUT2D eigenvalue weighted by molar-refractivity contribution is 0.386. The summed E-state index contributed by atoms with van der Waals surface area (Å²) in [4.78, 5) is 4.36. The van der Waals surface area contributed by atoms with Crippen molar-refractivity contribution in [3.05, 3.63) is 17.8 Å². The van der Waals surface area contributed by atoms with Gasteiger partial charge in [0.05, 0.1) is 6.20 Å². The van der Waals surface area contributed by atoms with E-state index in [1.807, 2.05) is 6.20 Å². The molecule has 0 radical (unpaired) electrons. The van der Waals surface area contributed by atoms with Gasteiger partial charge in [-0.15, -0.1) is 0 Å². The van der Waals surface area contributed by atoms with Crippen molar-refractivity contribution in [2.24, 2.45) is 11.8 Å². The molecule has 0 aliphatic carbocycles. The van der Waals surface area contributed by atoms with Gasteiger partial charge in [0.25, 0.3) is 0 Å². The van der Waals surface area contributed by atoms with Crippen LogP contribution < -0.4 is 5.32 Å². The Morgan fingerprint density at radius 2 is 1.94 bits per heavy atom. The Kier molecular flexibility index (Phi) is 6.41. The molecule has 1 rings (SSSR count). The molecule has 1 atom stereocenters. The van der Waals surface area contributed by atoms with Gasteiger partial charge in [-0.25, -0.2) is 4.98 Å². The van der Waals surface area contributed by atoms with E-state index >= 15 is 0 Å². The van der Waals surface area contributed by atoms with Crippen LogP contribution in [0.3, 0.4) is 0 Å². The zero-order chi connectivity index (χ0) is 13.5. The average Bonchev–Trinajstić information content (AvgIpc) is 2.75. The van der Waals surface area contributed by atoms with Gasteiger partial charge in [-0.3, -0.25) is 0 Å². The summed E-state index contributed by atoms with van der Waals surface area (Å²) < 4.78 is 5.80. The summed E-state index contributed by atoms with van der Waals surface area (Å²) in [6, 6.07) is 0. The van der Waals surface area contributed by atoms with Crippen molar-refractivity contribution in [2.75, 3.05) is 13.1 Å². The second kappa shape index (κ2) is 7.57. The SMILES string of the molecule is CC(C)CNCCCc1ncc(C(C)C(C)C)o1. The smallest absolute Gasteiger partial charge is 0.194 e. The van der Waals surface area contributed by atoms with Crippen LogP contribution in [0.1, 0.15) is 58.6 Å². The van der Waals surface area contributed by atoms with E-state index in [0.29, 0.717) is 17.8 Å². The Morgan fingerprint density at radius 3 is 2.56 bits per heavy atom. The molecule has 0 aromatic carbocycles. The van der Waals surface area contributed by atoms with Crippen molar-refractivity contribution in [2.45, 2.75) is 53.4 Å². The Bertz CT molecular complexity index is 331. The van der Waals surface area contributed by atoms with Gasteiger partial charge in [-0.1, -0.05) is 34.6 Å². The van der Waals surface area contributed by atoms with Crippen LogP contribution in [0.5, 0.6) is 0 Å². The van der Waals surface area contributed by atoms with Crippen LogP contribution in [-0.2, 0) is 6.42 Å². The first-order valence-electron chi connectivity index (χ1n) is 7.16. The summed E-state index contributed by atoms with van der Waals surface area (Å²) in [6.45, 7) is 13.2. The van der Waals surface area contributed by atoms with Crippen molar-refractivity contribution in [1.82, 2.24) is 10.3 Å². The van der Waals surface area contributed by atoms with Gasteiger partial charge in [0, 0.05) is 12.3 Å². The van der Waals surface area contributed by atoms with Crippen LogP contribution >= 0.6 is 0 Å². The van der Waals surface area contributed by atoms with Gasteiger partial charge in [-0.2, -0.15) is 0 Å². The second-order valence-corrected chi connectivity index (χ2v) is 5.89. The lowest BCUT2D eigenvalue weighted by Gasteiger charge is -2.11. The number of aromatic nitrogens is 1. The molecule has 18 heavy (non-hydrogen) atoms. The van der Waals surface area contributed by atoms with Crippen LogP contribution in [-0.4, -0.2) is 18.1 Å². The highest BCUT2D eigenvalue weighted by atomic mass is 16.4. The molecule has 1 aromatic rings. The highest BCUT2D eigenvalue weighted by Gasteiger charge is 2.14. The standard InChI is InChI=1S/C15H28N2O/c1-11(2)9-16-8-6-7-15-17-10-14(18-15)13(5)12(3)4/h10-13,16H,6-9H2,1-5H3. The molecule has 0 aliphatic heterocycles. The number of nitrogens with zero attached hydrogens (tertiary/aromatic N) is 1. The molecule has 0 fully saturated rings. The predicted molar refractivity (Wildman–Crippen MR) is 75.8 cm³/mol. The highest BCUT2D eigenvalue weighted by Crippen LogP contribution is 2.24. The fraction of sp³-hybridized carbons (Fsp3) is 0.800. The number of rotatable bonds is 8. The Balaban J connectivity index is 2.27. The molecule has 1 N–H and O–H groups in total. The third-order valence-electron chi connectivity index (χ3n) is 3.32. The summed E-state index contributed by atoms with van der Waals surface area (Å²) >= 11 is 0. The lowest BCUT2D eigenvalue weighted by Crippen LogP contribution is -2.21. The van der Waals surface area contributed by atoms with Gasteiger partial charge in [0.2, 0.25) is 0 Å². The average molecular weight is 252 g/mol. The van der Waals surface area contributed by atoms with E-state index in [1.165, 1.54) is 0 Å². The lowest BCUT2D eigenvalue weighted by atomic mass is 9.96. The van der Waals surface area contributed by atoms with E-state index < -0.39 is 0 Å². The van der Waals surface area contributed by atoms with Crippen molar-refractivity contribution >= 4 is 0 Å². The molecule has 104 valence electrons. The highest BCUT2D eigenvalue weighted by molar-refractivity contribution is 5.01. The topological polar surface area (TPSA) is 38.1 Å². The minimum absolute atomic E-state index is 0.449. The quantitative estimate of drug-likeness (QED) is 0.718. The normalized spacial score (nSPS) is 13.5. The van der Waals surface area contributed by atoms with Gasteiger partial charge >= 0.3 is 0 Å². The third-order valence-corrected chi connectivity index (χ3v) is 3.32. The number of oxazole rings is 1. The van der Waals surface area contributed by atoms with E-state index in [9.17, 15) is 0 Å². The van der Waals surface area contributed by atoms with Crippen molar-refractivity contribution in [3.8, 4) is 0 Å². The fourth-order valence-corrected chi connectivity index (χ4v) is 1.73. The van der Waals surface area contributed by atoms with E-state index in [-0.39, 0.29) is 0 Å². The minimum Gasteiger partial charge on any atom is -0.445 e. The zero-order valence-electron chi connectivity index (χ0n) is 12.5. The Labute approximate surface area is 111 Å². The molecule has 3 nitrogen and oxygen atoms in total. The summed E-state index contributed by atoms with van der Waals surface area (Å²) in [6.07, 6.45) is 3.90. The molecule has 1 heterocycles. The molecular formula is C15H28N2O. The second-order valence-electron chi connectivity index (χ2n) is 5.89. The van der Waals surface area contributed by atoms with Crippen molar-refractivity contribution in [3.63, 3.8) is 0 Å². The molecule has 1 unspecified atom stereocenters. The molecule has 3 heteroatoms. The van der Waals surface area contributed by atoms with Crippen LogP contribution in [0.2, 0.25) is 0 Å². The van der Waals surface area contributed by atoms with E-state index in [4.69, 9.17) is 4.42 Å². The molecule has 0 saturated heterocycles. The number of aryl methyl sites for hydroxylation is 1.